The van der Waals surface area contributed by atoms with Crippen molar-refractivity contribution in [1.29, 1.82) is 0 Å². The van der Waals surface area contributed by atoms with Gasteiger partial charge in [0, 0.05) is 30.6 Å². The van der Waals surface area contributed by atoms with E-state index in [-0.39, 0.29) is 6.04 Å². The van der Waals surface area contributed by atoms with Crippen LogP contribution < -0.4 is 4.90 Å². The Labute approximate surface area is 101 Å². The van der Waals surface area contributed by atoms with E-state index in [9.17, 15) is 0 Å². The summed E-state index contributed by atoms with van der Waals surface area (Å²) in [5.41, 5.74) is 0. The number of nitrogens with zero attached hydrogens (tertiary/aromatic N) is 2. The lowest BCUT2D eigenvalue weighted by molar-refractivity contribution is 0.753. The molecule has 84 valence electrons. The predicted octanol–water partition coefficient (Wildman–Crippen LogP) is 3.30. The zero-order valence-electron chi connectivity index (χ0n) is 9.52. The molecule has 2 aromatic rings. The van der Waals surface area contributed by atoms with Crippen LogP contribution in [-0.4, -0.2) is 24.0 Å². The SMILES string of the molecule is CC(CCl)N(C)c1nccc2ccccc12. The van der Waals surface area contributed by atoms with Crippen LogP contribution in [0.2, 0.25) is 0 Å². The van der Waals surface area contributed by atoms with Gasteiger partial charge in [-0.2, -0.15) is 0 Å². The van der Waals surface area contributed by atoms with Crippen molar-refractivity contribution < 1.29 is 0 Å². The third kappa shape index (κ3) is 1.98. The summed E-state index contributed by atoms with van der Waals surface area (Å²) in [7, 11) is 2.03. The molecule has 0 spiro atoms. The smallest absolute Gasteiger partial charge is 0.136 e. The Balaban J connectivity index is 2.52. The van der Waals surface area contributed by atoms with Crippen LogP contribution in [0.25, 0.3) is 10.8 Å². The molecular formula is C13H15ClN2. The molecule has 1 aromatic carbocycles. The Morgan fingerprint density at radius 1 is 1.31 bits per heavy atom. The molecule has 2 rings (SSSR count). The lowest BCUT2D eigenvalue weighted by Crippen LogP contribution is -2.30. The summed E-state index contributed by atoms with van der Waals surface area (Å²) in [5.74, 6) is 1.59. The van der Waals surface area contributed by atoms with Crippen LogP contribution in [0, 0.1) is 0 Å². The van der Waals surface area contributed by atoms with Gasteiger partial charge in [0.1, 0.15) is 5.82 Å². The van der Waals surface area contributed by atoms with Crippen LogP contribution in [0.5, 0.6) is 0 Å². The minimum Gasteiger partial charge on any atom is -0.355 e. The number of aromatic nitrogens is 1. The monoisotopic (exact) mass is 234 g/mol. The summed E-state index contributed by atoms with van der Waals surface area (Å²) < 4.78 is 0. The van der Waals surface area contributed by atoms with Crippen molar-refractivity contribution in [3.05, 3.63) is 36.5 Å². The highest BCUT2D eigenvalue weighted by atomic mass is 35.5. The molecule has 0 amide bonds. The van der Waals surface area contributed by atoms with E-state index in [1.165, 1.54) is 10.8 Å². The summed E-state index contributed by atoms with van der Waals surface area (Å²) in [4.78, 5) is 6.56. The molecule has 1 atom stereocenters. The molecule has 0 N–H and O–H groups in total. The van der Waals surface area contributed by atoms with E-state index >= 15 is 0 Å². The Hall–Kier alpha value is -1.28. The van der Waals surface area contributed by atoms with Crippen LogP contribution in [-0.2, 0) is 0 Å². The average Bonchev–Trinajstić information content (AvgIpc) is 2.36. The Morgan fingerprint density at radius 3 is 2.81 bits per heavy atom. The van der Waals surface area contributed by atoms with Crippen molar-refractivity contribution in [2.75, 3.05) is 17.8 Å². The Morgan fingerprint density at radius 2 is 2.06 bits per heavy atom. The summed E-state index contributed by atoms with van der Waals surface area (Å²) in [6.45, 7) is 2.09. The van der Waals surface area contributed by atoms with Gasteiger partial charge in [-0.3, -0.25) is 0 Å². The van der Waals surface area contributed by atoms with Crippen molar-refractivity contribution >= 4 is 28.2 Å². The summed E-state index contributed by atoms with van der Waals surface area (Å²) in [5, 5.41) is 2.38. The van der Waals surface area contributed by atoms with Crippen LogP contribution in [0.3, 0.4) is 0 Å². The van der Waals surface area contributed by atoms with Crippen LogP contribution >= 0.6 is 11.6 Å². The van der Waals surface area contributed by atoms with Gasteiger partial charge in [0.05, 0.1) is 0 Å². The fraction of sp³-hybridized carbons (Fsp3) is 0.308. The van der Waals surface area contributed by atoms with Crippen LogP contribution in [0.15, 0.2) is 36.5 Å². The van der Waals surface area contributed by atoms with Crippen molar-refractivity contribution in [2.24, 2.45) is 0 Å². The highest BCUT2D eigenvalue weighted by Gasteiger charge is 2.12. The molecule has 2 nitrogen and oxygen atoms in total. The van der Waals surface area contributed by atoms with Crippen LogP contribution in [0.1, 0.15) is 6.92 Å². The molecular weight excluding hydrogens is 220 g/mol. The van der Waals surface area contributed by atoms with Gasteiger partial charge in [0.25, 0.3) is 0 Å². The van der Waals surface area contributed by atoms with Crippen molar-refractivity contribution in [3.8, 4) is 0 Å². The number of anilines is 1. The van der Waals surface area contributed by atoms with Crippen molar-refractivity contribution in [2.45, 2.75) is 13.0 Å². The molecule has 0 aliphatic heterocycles. The largest absolute Gasteiger partial charge is 0.355 e. The van der Waals surface area contributed by atoms with Crippen molar-refractivity contribution in [3.63, 3.8) is 0 Å². The molecule has 16 heavy (non-hydrogen) atoms. The third-order valence-corrected chi connectivity index (χ3v) is 3.32. The first-order valence-corrected chi connectivity index (χ1v) is 5.90. The molecule has 1 aromatic heterocycles. The molecule has 3 heteroatoms. The minimum absolute atomic E-state index is 0.278. The first kappa shape index (κ1) is 11.2. The van der Waals surface area contributed by atoms with E-state index in [1.807, 2.05) is 31.4 Å². The van der Waals surface area contributed by atoms with E-state index in [4.69, 9.17) is 11.6 Å². The number of hydrogen-bond donors (Lipinski definition) is 0. The van der Waals surface area contributed by atoms with Gasteiger partial charge in [-0.05, 0) is 18.4 Å². The first-order chi connectivity index (χ1) is 7.74. The van der Waals surface area contributed by atoms with E-state index in [1.54, 1.807) is 0 Å². The van der Waals surface area contributed by atoms with Gasteiger partial charge < -0.3 is 4.90 Å². The van der Waals surface area contributed by atoms with E-state index in [2.05, 4.69) is 28.9 Å². The van der Waals surface area contributed by atoms with Gasteiger partial charge in [-0.15, -0.1) is 11.6 Å². The van der Waals surface area contributed by atoms with Gasteiger partial charge in [0.2, 0.25) is 0 Å². The number of pyridine rings is 1. The number of rotatable bonds is 3. The van der Waals surface area contributed by atoms with Gasteiger partial charge in [0.15, 0.2) is 0 Å². The van der Waals surface area contributed by atoms with Crippen LogP contribution in [0.4, 0.5) is 5.82 Å². The minimum atomic E-state index is 0.278. The lowest BCUT2D eigenvalue weighted by Gasteiger charge is -2.25. The summed E-state index contributed by atoms with van der Waals surface area (Å²) in [6, 6.07) is 10.6. The quantitative estimate of drug-likeness (QED) is 0.758. The van der Waals surface area contributed by atoms with Gasteiger partial charge in [-0.1, -0.05) is 24.3 Å². The Kier molecular flexibility index (Phi) is 3.30. The highest BCUT2D eigenvalue weighted by Crippen LogP contribution is 2.24. The number of alkyl halides is 1. The second kappa shape index (κ2) is 4.71. The zero-order chi connectivity index (χ0) is 11.5. The second-order valence-electron chi connectivity index (χ2n) is 3.97. The number of fused-ring (bicyclic) bond motifs is 1. The molecule has 1 heterocycles. The summed E-state index contributed by atoms with van der Waals surface area (Å²) in [6.07, 6.45) is 1.84. The molecule has 0 saturated heterocycles. The number of halogens is 1. The standard InChI is InChI=1S/C13H15ClN2/c1-10(9-14)16(2)13-12-6-4-3-5-11(12)7-8-15-13/h3-8,10H,9H2,1-2H3. The molecule has 0 saturated carbocycles. The third-order valence-electron chi connectivity index (χ3n) is 2.87. The zero-order valence-corrected chi connectivity index (χ0v) is 10.3. The normalized spacial score (nSPS) is 12.7. The molecule has 0 radical (unpaired) electrons. The number of hydrogen-bond acceptors (Lipinski definition) is 2. The molecule has 0 aliphatic carbocycles. The topological polar surface area (TPSA) is 16.1 Å². The molecule has 0 bridgehead atoms. The lowest BCUT2D eigenvalue weighted by atomic mass is 10.1. The predicted molar refractivity (Wildman–Crippen MR) is 70.3 cm³/mol. The van der Waals surface area contributed by atoms with E-state index < -0.39 is 0 Å². The first-order valence-electron chi connectivity index (χ1n) is 5.36. The molecule has 0 fully saturated rings. The maximum absolute atomic E-state index is 5.88. The average molecular weight is 235 g/mol. The Bertz CT molecular complexity index is 479. The maximum Gasteiger partial charge on any atom is 0.136 e. The molecule has 0 aliphatic rings. The van der Waals surface area contributed by atoms with Crippen molar-refractivity contribution in [1.82, 2.24) is 4.98 Å². The van der Waals surface area contributed by atoms with E-state index in [0.717, 1.165) is 5.82 Å². The fourth-order valence-electron chi connectivity index (χ4n) is 1.70. The maximum atomic E-state index is 5.88. The fourth-order valence-corrected chi connectivity index (χ4v) is 1.90. The van der Waals surface area contributed by atoms with E-state index in [0.29, 0.717) is 5.88 Å². The number of benzene rings is 1. The molecule has 1 unspecified atom stereocenters. The van der Waals surface area contributed by atoms with Gasteiger partial charge >= 0.3 is 0 Å². The summed E-state index contributed by atoms with van der Waals surface area (Å²) >= 11 is 5.88. The van der Waals surface area contributed by atoms with Gasteiger partial charge in [-0.25, -0.2) is 4.98 Å². The second-order valence-corrected chi connectivity index (χ2v) is 4.28. The highest BCUT2D eigenvalue weighted by molar-refractivity contribution is 6.18.